The molecule has 0 amide bonds. The molecule has 9 nitrogen and oxygen atoms in total. The number of halogens is 3. The van der Waals surface area contributed by atoms with Gasteiger partial charge in [0.1, 0.15) is 21.1 Å². The maximum atomic E-state index is 12.2. The fraction of sp³-hybridized carbons (Fsp3) is 0.0667. The average molecular weight is 813 g/mol. The van der Waals surface area contributed by atoms with Crippen molar-refractivity contribution in [2.24, 2.45) is 21.1 Å². The molecule has 9 rings (SSSR count). The Kier molecular flexibility index (Phi) is 11.6. The van der Waals surface area contributed by atoms with Crippen LogP contribution in [0.5, 0.6) is 0 Å². The van der Waals surface area contributed by atoms with E-state index in [9.17, 15) is 9.90 Å². The molecule has 0 atom stereocenters. The number of H-pyrrole nitrogens is 2. The van der Waals surface area contributed by atoms with Gasteiger partial charge in [0.05, 0.1) is 28.3 Å². The largest absolute Gasteiger partial charge is 1.00 e. The number of nitrogens with one attached hydrogen (secondary N) is 2. The zero-order valence-electron chi connectivity index (χ0n) is 31.1. The lowest BCUT2D eigenvalue weighted by Crippen LogP contribution is -3.00. The van der Waals surface area contributed by atoms with E-state index in [1.165, 1.54) is 0 Å². The number of aromatic nitrogens is 7. The van der Waals surface area contributed by atoms with Crippen LogP contribution in [0, 0.1) is 0 Å². The maximum Gasteiger partial charge on any atom is 0.335 e. The van der Waals surface area contributed by atoms with Crippen LogP contribution in [0.1, 0.15) is 33.1 Å². The van der Waals surface area contributed by atoms with Crippen molar-refractivity contribution >= 4 is 52.3 Å². The number of carboxylic acids is 1. The normalized spacial score (nSPS) is 11.4. The van der Waals surface area contributed by atoms with Crippen LogP contribution in [0.2, 0.25) is 0 Å². The van der Waals surface area contributed by atoms with Gasteiger partial charge in [-0.1, -0.05) is 12.1 Å². The van der Waals surface area contributed by atoms with Gasteiger partial charge >= 0.3 is 5.97 Å². The van der Waals surface area contributed by atoms with Crippen LogP contribution in [0.15, 0.2) is 122 Å². The summed E-state index contributed by atoms with van der Waals surface area (Å²) >= 11 is 0. The molecule has 2 aliphatic rings. The van der Waals surface area contributed by atoms with Crippen molar-refractivity contribution in [2.45, 2.75) is 0 Å². The highest BCUT2D eigenvalue weighted by atomic mass is 35.5. The topological polar surface area (TPSA) is 106 Å². The van der Waals surface area contributed by atoms with E-state index >= 15 is 0 Å². The van der Waals surface area contributed by atoms with Crippen LogP contribution in [0.4, 0.5) is 0 Å². The Morgan fingerprint density at radius 1 is 0.474 bits per heavy atom. The van der Waals surface area contributed by atoms with Crippen molar-refractivity contribution in [3.05, 3.63) is 150 Å². The summed E-state index contributed by atoms with van der Waals surface area (Å²) in [5, 5.41) is 9.97. The molecular weight excluding hydrogens is 777 g/mol. The molecule has 12 heteroatoms. The zero-order valence-corrected chi connectivity index (χ0v) is 33.3. The Morgan fingerprint density at radius 3 is 1.21 bits per heavy atom. The van der Waals surface area contributed by atoms with E-state index in [1.807, 2.05) is 78.1 Å². The molecule has 2 aliphatic heterocycles. The summed E-state index contributed by atoms with van der Waals surface area (Å²) in [6.45, 7) is 0. The first kappa shape index (κ1) is 40.3. The molecule has 6 aromatic heterocycles. The van der Waals surface area contributed by atoms with E-state index in [0.29, 0.717) is 0 Å². The minimum Gasteiger partial charge on any atom is -1.00 e. The van der Waals surface area contributed by atoms with Gasteiger partial charge in [0, 0.05) is 80.7 Å². The number of fused-ring (bicyclic) bond motifs is 8. The van der Waals surface area contributed by atoms with E-state index in [0.717, 1.165) is 89.4 Å². The van der Waals surface area contributed by atoms with Crippen molar-refractivity contribution < 1.29 is 60.8 Å². The molecule has 284 valence electrons. The number of hydrogen-bond acceptors (Lipinski definition) is 3. The Balaban J connectivity index is 0.00000183. The van der Waals surface area contributed by atoms with Gasteiger partial charge in [0.2, 0.25) is 0 Å². The number of carboxylic acid groups (broad SMARTS) is 1. The summed E-state index contributed by atoms with van der Waals surface area (Å²) < 4.78 is 6.04. The number of aromatic amines is 2. The lowest BCUT2D eigenvalue weighted by Gasteiger charge is -2.07. The Bertz CT molecular complexity index is 2740. The molecule has 1 aromatic carbocycles. The Hall–Kier alpha value is -6.39. The van der Waals surface area contributed by atoms with Crippen molar-refractivity contribution in [3.63, 3.8) is 0 Å². The van der Waals surface area contributed by atoms with Crippen molar-refractivity contribution in [1.29, 1.82) is 0 Å². The predicted octanol–water partition coefficient (Wildman–Crippen LogP) is -1.49. The van der Waals surface area contributed by atoms with Gasteiger partial charge in [-0.3, -0.25) is 0 Å². The number of nitrogens with zero attached hydrogens (tertiary/aromatic N) is 5. The maximum absolute atomic E-state index is 12.2. The molecule has 0 saturated carbocycles. The third-order valence-electron chi connectivity index (χ3n) is 9.95. The van der Waals surface area contributed by atoms with Crippen LogP contribution in [0.3, 0.4) is 0 Å². The van der Waals surface area contributed by atoms with Crippen molar-refractivity contribution in [2.75, 3.05) is 0 Å². The average Bonchev–Trinajstić information content (AvgIpc) is 4.02. The second-order valence-corrected chi connectivity index (χ2v) is 13.6. The monoisotopic (exact) mass is 811 g/mol. The van der Waals surface area contributed by atoms with Gasteiger partial charge in [-0.2, -0.15) is 0 Å². The summed E-state index contributed by atoms with van der Waals surface area (Å²) in [6.07, 6.45) is 20.5. The summed E-state index contributed by atoms with van der Waals surface area (Å²) in [4.78, 5) is 30.3. The van der Waals surface area contributed by atoms with Crippen LogP contribution in [-0.4, -0.2) is 31.0 Å². The van der Waals surface area contributed by atoms with Gasteiger partial charge in [-0.05, 0) is 83.0 Å². The van der Waals surface area contributed by atoms with Crippen molar-refractivity contribution in [1.82, 2.24) is 19.9 Å². The molecule has 0 aliphatic carbocycles. The first-order valence-corrected chi connectivity index (χ1v) is 17.7. The third kappa shape index (κ3) is 7.60. The van der Waals surface area contributed by atoms with Gasteiger partial charge < -0.3 is 52.3 Å². The molecule has 7 aromatic rings. The number of aryl methyl sites for hydroxylation is 3. The molecule has 0 unspecified atom stereocenters. The van der Waals surface area contributed by atoms with E-state index < -0.39 is 5.97 Å². The highest BCUT2D eigenvalue weighted by Crippen LogP contribution is 2.38. The zero-order chi connectivity index (χ0) is 36.9. The highest BCUT2D eigenvalue weighted by molar-refractivity contribution is 6.01. The fourth-order valence-electron chi connectivity index (χ4n) is 7.23. The second kappa shape index (κ2) is 16.4. The number of hydrogen-bond donors (Lipinski definition) is 3. The lowest BCUT2D eigenvalue weighted by atomic mass is 10.0. The number of benzene rings is 1. The standard InChI is InChI=1S/C45H33N7O2.3ClH/c1-50-21-15-28(16-22-50)41-33-7-9-35(46-33)42(29-17-23-51(2)24-18-29)37-11-13-39(48-37)44(31-5-4-6-32(27-31)45(53)54)40-14-12-38(49-40)43(36-10-8-34(41)47-36)30-19-25-52(3)26-20-30;;;/h4-27H,1-3H3;3*1H. The first-order chi connectivity index (χ1) is 26.3. The smallest absolute Gasteiger partial charge is 0.335 e. The van der Waals surface area contributed by atoms with Gasteiger partial charge in [-0.15, -0.1) is 0 Å². The molecule has 0 fully saturated rings. The van der Waals surface area contributed by atoms with E-state index in [2.05, 4.69) is 94.9 Å². The molecule has 0 radical (unpaired) electrons. The highest BCUT2D eigenvalue weighted by Gasteiger charge is 2.20. The Morgan fingerprint density at radius 2 is 0.825 bits per heavy atom. The molecule has 0 saturated heterocycles. The number of rotatable bonds is 5. The molecular formula is C45H36Cl3N7O2. The molecule has 57 heavy (non-hydrogen) atoms. The summed E-state index contributed by atoms with van der Waals surface area (Å²) in [5.41, 5.74) is 14.3. The molecule has 0 spiro atoms. The minimum absolute atomic E-state index is 0. The van der Waals surface area contributed by atoms with Crippen molar-refractivity contribution in [3.8, 4) is 44.5 Å². The number of aromatic carboxylic acids is 1. The van der Waals surface area contributed by atoms with Crippen LogP contribution >= 0.6 is 0 Å². The van der Waals surface area contributed by atoms with Crippen LogP contribution in [0.25, 0.3) is 90.9 Å². The minimum atomic E-state index is -0.984. The summed E-state index contributed by atoms with van der Waals surface area (Å²) in [5.74, 6) is -0.984. The van der Waals surface area contributed by atoms with Gasteiger partial charge in [0.15, 0.2) is 37.2 Å². The van der Waals surface area contributed by atoms with E-state index in [4.69, 9.17) is 9.97 Å². The molecule has 8 bridgehead atoms. The van der Waals surface area contributed by atoms with Crippen LogP contribution < -0.4 is 50.9 Å². The molecule has 8 heterocycles. The first-order valence-electron chi connectivity index (χ1n) is 17.7. The van der Waals surface area contributed by atoms with E-state index in [1.54, 1.807) is 18.2 Å². The fourth-order valence-corrected chi connectivity index (χ4v) is 7.23. The third-order valence-corrected chi connectivity index (χ3v) is 9.95. The van der Waals surface area contributed by atoms with Crippen LogP contribution in [-0.2, 0) is 21.1 Å². The number of carbonyl (C=O) groups is 1. The van der Waals surface area contributed by atoms with E-state index in [-0.39, 0.29) is 42.8 Å². The quantitative estimate of drug-likeness (QED) is 0.185. The number of pyridine rings is 3. The summed E-state index contributed by atoms with van der Waals surface area (Å²) in [6, 6.07) is 27.9. The van der Waals surface area contributed by atoms with Gasteiger partial charge in [0.25, 0.3) is 0 Å². The Labute approximate surface area is 347 Å². The second-order valence-electron chi connectivity index (χ2n) is 13.6. The predicted molar refractivity (Wildman–Crippen MR) is 211 cm³/mol. The molecule has 3 N–H and O–H groups in total. The van der Waals surface area contributed by atoms with Gasteiger partial charge in [-0.25, -0.2) is 28.5 Å². The summed E-state index contributed by atoms with van der Waals surface area (Å²) in [7, 11) is 6.01. The lowest BCUT2D eigenvalue weighted by molar-refractivity contribution is -0.671. The SMILES string of the molecule is C[n+]1ccc(-c2c3nc(c(-c4cc[n+](C)cc4)c4ccc([nH]4)c(-c4cccc(C(=O)O)c4)c4ccc([nH]4)c(-c4cc[n+](C)cc4)c4nc2C=C4)C=C3)cc1.[Cl-].[Cl-].[Cl-].